The van der Waals surface area contributed by atoms with E-state index in [4.69, 9.17) is 0 Å². The summed E-state index contributed by atoms with van der Waals surface area (Å²) >= 11 is 0. The molecule has 0 fully saturated rings. The van der Waals surface area contributed by atoms with Gasteiger partial charge in [-0.25, -0.2) is 0 Å². The third-order valence-electron chi connectivity index (χ3n) is 3.93. The van der Waals surface area contributed by atoms with Crippen molar-refractivity contribution in [1.82, 2.24) is 0 Å². The molecular weight excluding hydrogens is 264 g/mol. The van der Waals surface area contributed by atoms with E-state index in [9.17, 15) is 14.7 Å². The van der Waals surface area contributed by atoms with E-state index < -0.39 is 11.4 Å². The average Bonchev–Trinajstić information content (AvgIpc) is 2.51. The third-order valence-corrected chi connectivity index (χ3v) is 3.93. The number of hydrogen-bond acceptors (Lipinski definition) is 2. The molecule has 0 aromatic heterocycles. The maximum atomic E-state index is 12.5. The normalized spacial score (nSPS) is 20.1. The predicted molar refractivity (Wildman–Crippen MR) is 79.9 cm³/mol. The fourth-order valence-electron chi connectivity index (χ4n) is 2.85. The largest absolute Gasteiger partial charge is 0.480 e. The minimum absolute atomic E-state index is 0.156. The molecule has 1 unspecified atom stereocenters. The lowest BCUT2D eigenvalue weighted by molar-refractivity contribution is -0.147. The van der Waals surface area contributed by atoms with Gasteiger partial charge < -0.3 is 5.11 Å². The minimum atomic E-state index is -1.54. The van der Waals surface area contributed by atoms with Gasteiger partial charge in [0.1, 0.15) is 0 Å². The van der Waals surface area contributed by atoms with Gasteiger partial charge >= 0.3 is 5.97 Å². The number of benzene rings is 2. The molecular formula is C18H14O3. The first-order valence-electron chi connectivity index (χ1n) is 6.74. The number of fused-ring (bicyclic) bond motifs is 1. The Morgan fingerprint density at radius 2 is 1.62 bits per heavy atom. The van der Waals surface area contributed by atoms with Crippen LogP contribution in [0.2, 0.25) is 0 Å². The molecule has 2 aromatic carbocycles. The Morgan fingerprint density at radius 1 is 0.952 bits per heavy atom. The van der Waals surface area contributed by atoms with Crippen LogP contribution in [-0.2, 0) is 21.4 Å². The Kier molecular flexibility index (Phi) is 3.18. The molecule has 1 aliphatic carbocycles. The van der Waals surface area contributed by atoms with Crippen molar-refractivity contribution < 1.29 is 14.7 Å². The fourth-order valence-corrected chi connectivity index (χ4v) is 2.85. The van der Waals surface area contributed by atoms with E-state index in [0.717, 1.165) is 11.1 Å². The van der Waals surface area contributed by atoms with Crippen LogP contribution >= 0.6 is 0 Å². The highest BCUT2D eigenvalue weighted by Gasteiger charge is 2.48. The Hall–Kier alpha value is -2.68. The molecule has 0 spiro atoms. The van der Waals surface area contributed by atoms with E-state index in [1.807, 2.05) is 42.5 Å². The van der Waals surface area contributed by atoms with Gasteiger partial charge in [0.05, 0.1) is 0 Å². The van der Waals surface area contributed by atoms with E-state index in [1.165, 1.54) is 6.08 Å². The first kappa shape index (κ1) is 13.3. The second kappa shape index (κ2) is 5.02. The molecule has 21 heavy (non-hydrogen) atoms. The Balaban J connectivity index is 2.19. The van der Waals surface area contributed by atoms with Crippen molar-refractivity contribution in [2.24, 2.45) is 0 Å². The lowest BCUT2D eigenvalue weighted by Crippen LogP contribution is -2.46. The van der Waals surface area contributed by atoms with Gasteiger partial charge in [-0.05, 0) is 22.8 Å². The van der Waals surface area contributed by atoms with Crippen molar-refractivity contribution in [2.45, 2.75) is 11.8 Å². The quantitative estimate of drug-likeness (QED) is 0.878. The van der Waals surface area contributed by atoms with Crippen LogP contribution in [0.25, 0.3) is 6.08 Å². The third kappa shape index (κ3) is 2.07. The molecule has 1 atom stereocenters. The number of allylic oxidation sites excluding steroid dienone is 1. The summed E-state index contributed by atoms with van der Waals surface area (Å²) in [6, 6.07) is 16.4. The second-order valence-corrected chi connectivity index (χ2v) is 5.16. The van der Waals surface area contributed by atoms with Crippen LogP contribution in [0.15, 0.2) is 60.7 Å². The first-order valence-corrected chi connectivity index (χ1v) is 6.74. The molecule has 0 amide bonds. The zero-order chi connectivity index (χ0) is 14.9. The van der Waals surface area contributed by atoms with Gasteiger partial charge in [-0.15, -0.1) is 0 Å². The first-order chi connectivity index (χ1) is 10.1. The van der Waals surface area contributed by atoms with Crippen LogP contribution in [0.3, 0.4) is 0 Å². The SMILES string of the molecule is O=C(O)C1(Cc2ccccc2)C(=O)C=Cc2ccccc21. The molecule has 0 saturated heterocycles. The number of aliphatic carboxylic acids is 1. The zero-order valence-corrected chi connectivity index (χ0v) is 11.3. The summed E-state index contributed by atoms with van der Waals surface area (Å²) in [7, 11) is 0. The second-order valence-electron chi connectivity index (χ2n) is 5.16. The van der Waals surface area contributed by atoms with Gasteiger partial charge in [0.25, 0.3) is 0 Å². The van der Waals surface area contributed by atoms with Crippen LogP contribution in [0.1, 0.15) is 16.7 Å². The molecule has 0 saturated carbocycles. The van der Waals surface area contributed by atoms with Gasteiger partial charge in [0.2, 0.25) is 0 Å². The van der Waals surface area contributed by atoms with E-state index in [1.54, 1.807) is 18.2 Å². The van der Waals surface area contributed by atoms with Crippen LogP contribution in [0, 0.1) is 0 Å². The summed E-state index contributed by atoms with van der Waals surface area (Å²) in [6.45, 7) is 0. The number of carboxylic acids is 1. The minimum Gasteiger partial charge on any atom is -0.480 e. The summed E-state index contributed by atoms with van der Waals surface area (Å²) in [5, 5.41) is 9.81. The van der Waals surface area contributed by atoms with Crippen molar-refractivity contribution in [1.29, 1.82) is 0 Å². The molecule has 2 aromatic rings. The number of rotatable bonds is 3. The summed E-state index contributed by atoms with van der Waals surface area (Å²) in [5.41, 5.74) is 0.648. The number of ketones is 1. The Morgan fingerprint density at radius 3 is 2.33 bits per heavy atom. The average molecular weight is 278 g/mol. The molecule has 0 bridgehead atoms. The van der Waals surface area contributed by atoms with Crippen molar-refractivity contribution >= 4 is 17.8 Å². The van der Waals surface area contributed by atoms with E-state index in [-0.39, 0.29) is 12.2 Å². The zero-order valence-electron chi connectivity index (χ0n) is 11.3. The molecule has 3 rings (SSSR count). The summed E-state index contributed by atoms with van der Waals surface area (Å²) in [5.74, 6) is -1.48. The van der Waals surface area contributed by atoms with Gasteiger partial charge in [0.15, 0.2) is 11.2 Å². The highest BCUT2D eigenvalue weighted by Crippen LogP contribution is 2.36. The molecule has 104 valence electrons. The van der Waals surface area contributed by atoms with Crippen LogP contribution in [0.4, 0.5) is 0 Å². The fraction of sp³-hybridized carbons (Fsp3) is 0.111. The van der Waals surface area contributed by atoms with Crippen LogP contribution < -0.4 is 0 Å². The topological polar surface area (TPSA) is 54.4 Å². The lowest BCUT2D eigenvalue weighted by atomic mass is 9.68. The van der Waals surface area contributed by atoms with Crippen molar-refractivity contribution in [3.63, 3.8) is 0 Å². The molecule has 1 N–H and O–H groups in total. The highest BCUT2D eigenvalue weighted by atomic mass is 16.4. The maximum absolute atomic E-state index is 12.5. The number of hydrogen-bond donors (Lipinski definition) is 1. The standard InChI is InChI=1S/C18H14O3/c19-16-11-10-14-8-4-5-9-15(14)18(16,17(20)21)12-13-6-2-1-3-7-13/h1-11H,12H2,(H,20,21). The number of carbonyl (C=O) groups is 2. The summed E-state index contributed by atoms with van der Waals surface area (Å²) in [6.07, 6.45) is 3.21. The van der Waals surface area contributed by atoms with Crippen LogP contribution in [0.5, 0.6) is 0 Å². The number of carboxylic acid groups (broad SMARTS) is 1. The molecule has 1 aliphatic rings. The summed E-state index contributed by atoms with van der Waals surface area (Å²) in [4.78, 5) is 24.5. The van der Waals surface area contributed by atoms with E-state index in [0.29, 0.717) is 5.56 Å². The Labute approximate surface area is 122 Å². The van der Waals surface area contributed by atoms with Crippen LogP contribution in [-0.4, -0.2) is 16.9 Å². The van der Waals surface area contributed by atoms with Gasteiger partial charge in [-0.3, -0.25) is 9.59 Å². The van der Waals surface area contributed by atoms with Crippen molar-refractivity contribution in [2.75, 3.05) is 0 Å². The van der Waals surface area contributed by atoms with Gasteiger partial charge in [0, 0.05) is 6.42 Å². The smallest absolute Gasteiger partial charge is 0.322 e. The predicted octanol–water partition coefficient (Wildman–Crippen LogP) is 2.85. The van der Waals surface area contributed by atoms with E-state index >= 15 is 0 Å². The van der Waals surface area contributed by atoms with Gasteiger partial charge in [-0.1, -0.05) is 60.7 Å². The van der Waals surface area contributed by atoms with Crippen molar-refractivity contribution in [3.8, 4) is 0 Å². The number of carbonyl (C=O) groups excluding carboxylic acids is 1. The highest BCUT2D eigenvalue weighted by molar-refractivity contribution is 6.17. The maximum Gasteiger partial charge on any atom is 0.322 e. The summed E-state index contributed by atoms with van der Waals surface area (Å²) < 4.78 is 0. The molecule has 3 nitrogen and oxygen atoms in total. The Bertz CT molecular complexity index is 731. The van der Waals surface area contributed by atoms with E-state index in [2.05, 4.69) is 0 Å². The monoisotopic (exact) mass is 278 g/mol. The lowest BCUT2D eigenvalue weighted by Gasteiger charge is -2.31. The molecule has 3 heteroatoms. The van der Waals surface area contributed by atoms with Crippen molar-refractivity contribution in [3.05, 3.63) is 77.4 Å². The molecule has 0 aliphatic heterocycles. The molecule has 0 radical (unpaired) electrons. The molecule has 0 heterocycles. The van der Waals surface area contributed by atoms with Gasteiger partial charge in [-0.2, -0.15) is 0 Å².